The Labute approximate surface area is 165 Å². The fourth-order valence-electron chi connectivity index (χ4n) is 2.82. The van der Waals surface area contributed by atoms with Crippen LogP contribution in [0.15, 0.2) is 24.5 Å². The van der Waals surface area contributed by atoms with Crippen LogP contribution in [0.5, 0.6) is 17.2 Å². The minimum atomic E-state index is -0.448. The molecular formula is C18H27ClN4O4. The minimum Gasteiger partial charge on any atom is -0.493 e. The number of halogens is 1. The molecule has 1 aromatic heterocycles. The molecule has 2 rings (SSSR count). The number of nitrogens with one attached hydrogen (secondary N) is 2. The Balaban J connectivity index is 0.00000364. The summed E-state index contributed by atoms with van der Waals surface area (Å²) in [5.74, 6) is 1.64. The Kier molecular flexibility index (Phi) is 8.90. The van der Waals surface area contributed by atoms with Crippen molar-refractivity contribution in [2.75, 3.05) is 34.9 Å². The van der Waals surface area contributed by atoms with Crippen LogP contribution in [-0.4, -0.2) is 50.6 Å². The standard InChI is InChI=1S/C18H26N4O4.ClH/c1-19-15(13-10-21-22(2)11-13)18(23)20-9-8-12-6-7-14(24-3)17(26-5)16(12)25-4;/h6-7,10-11,15,19H,8-9H2,1-5H3,(H,20,23);1H. The number of methoxy groups -OCH3 is 3. The van der Waals surface area contributed by atoms with Crippen molar-refractivity contribution in [3.05, 3.63) is 35.7 Å². The van der Waals surface area contributed by atoms with Crippen LogP contribution in [-0.2, 0) is 18.3 Å². The van der Waals surface area contributed by atoms with Crippen molar-refractivity contribution in [2.45, 2.75) is 12.5 Å². The molecule has 9 heteroatoms. The van der Waals surface area contributed by atoms with Gasteiger partial charge in [0.15, 0.2) is 11.5 Å². The van der Waals surface area contributed by atoms with Gasteiger partial charge in [-0.1, -0.05) is 6.07 Å². The quantitative estimate of drug-likeness (QED) is 0.665. The van der Waals surface area contributed by atoms with Gasteiger partial charge in [0.2, 0.25) is 11.7 Å². The third-order valence-electron chi connectivity index (χ3n) is 4.09. The first-order chi connectivity index (χ1) is 12.5. The molecule has 1 aromatic carbocycles. The Morgan fingerprint density at radius 2 is 1.89 bits per heavy atom. The molecule has 0 aliphatic rings. The molecule has 1 atom stereocenters. The lowest BCUT2D eigenvalue weighted by Gasteiger charge is -2.17. The summed E-state index contributed by atoms with van der Waals surface area (Å²) in [4.78, 5) is 12.5. The van der Waals surface area contributed by atoms with Crippen LogP contribution in [0.2, 0.25) is 0 Å². The number of ether oxygens (including phenoxy) is 3. The highest BCUT2D eigenvalue weighted by Gasteiger charge is 2.20. The molecule has 1 heterocycles. The summed E-state index contributed by atoms with van der Waals surface area (Å²) in [6, 6.07) is 3.28. The van der Waals surface area contributed by atoms with E-state index in [4.69, 9.17) is 14.2 Å². The molecule has 8 nitrogen and oxygen atoms in total. The van der Waals surface area contributed by atoms with Gasteiger partial charge in [-0.15, -0.1) is 12.4 Å². The summed E-state index contributed by atoms with van der Waals surface area (Å²) < 4.78 is 17.8. The van der Waals surface area contributed by atoms with E-state index in [2.05, 4.69) is 15.7 Å². The predicted molar refractivity (Wildman–Crippen MR) is 105 cm³/mol. The molecule has 0 aliphatic carbocycles. The van der Waals surface area contributed by atoms with Gasteiger partial charge in [-0.3, -0.25) is 9.48 Å². The van der Waals surface area contributed by atoms with Gasteiger partial charge in [0.1, 0.15) is 6.04 Å². The third kappa shape index (κ3) is 5.27. The summed E-state index contributed by atoms with van der Waals surface area (Å²) >= 11 is 0. The fraction of sp³-hybridized carbons (Fsp3) is 0.444. The van der Waals surface area contributed by atoms with Gasteiger partial charge in [0.25, 0.3) is 0 Å². The number of hydrogen-bond acceptors (Lipinski definition) is 6. The highest BCUT2D eigenvalue weighted by molar-refractivity contribution is 5.85. The molecule has 0 radical (unpaired) electrons. The van der Waals surface area contributed by atoms with Gasteiger partial charge in [-0.2, -0.15) is 5.10 Å². The normalized spacial score (nSPS) is 11.3. The first-order valence-corrected chi connectivity index (χ1v) is 8.27. The maximum Gasteiger partial charge on any atom is 0.241 e. The second kappa shape index (κ2) is 10.6. The molecule has 1 unspecified atom stereocenters. The largest absolute Gasteiger partial charge is 0.493 e. The zero-order chi connectivity index (χ0) is 19.1. The Bertz CT molecular complexity index is 751. The van der Waals surface area contributed by atoms with E-state index in [1.54, 1.807) is 39.3 Å². The number of carbonyl (C=O) groups excluding carboxylic acids is 1. The Morgan fingerprint density at radius 1 is 1.19 bits per heavy atom. The van der Waals surface area contributed by atoms with Gasteiger partial charge in [0, 0.05) is 30.9 Å². The van der Waals surface area contributed by atoms with Gasteiger partial charge >= 0.3 is 0 Å². The molecule has 150 valence electrons. The van der Waals surface area contributed by atoms with Gasteiger partial charge in [0.05, 0.1) is 27.5 Å². The van der Waals surface area contributed by atoms with Crippen molar-refractivity contribution in [2.24, 2.45) is 7.05 Å². The molecular weight excluding hydrogens is 372 g/mol. The van der Waals surface area contributed by atoms with Crippen LogP contribution in [0, 0.1) is 0 Å². The number of benzene rings is 1. The lowest BCUT2D eigenvalue weighted by Crippen LogP contribution is -2.36. The number of amides is 1. The van der Waals surface area contributed by atoms with Gasteiger partial charge in [-0.05, 0) is 19.5 Å². The number of rotatable bonds is 9. The Hall–Kier alpha value is -2.45. The molecule has 0 saturated heterocycles. The molecule has 27 heavy (non-hydrogen) atoms. The van der Waals surface area contributed by atoms with Crippen LogP contribution in [0.4, 0.5) is 0 Å². The fourth-order valence-corrected chi connectivity index (χ4v) is 2.82. The number of carbonyl (C=O) groups is 1. The third-order valence-corrected chi connectivity index (χ3v) is 4.09. The molecule has 0 fully saturated rings. The smallest absolute Gasteiger partial charge is 0.241 e. The lowest BCUT2D eigenvalue weighted by atomic mass is 10.1. The predicted octanol–water partition coefficient (Wildman–Crippen LogP) is 1.49. The van der Waals surface area contributed by atoms with Crippen molar-refractivity contribution < 1.29 is 19.0 Å². The summed E-state index contributed by atoms with van der Waals surface area (Å²) in [7, 11) is 8.29. The van der Waals surface area contributed by atoms with E-state index in [1.807, 2.05) is 25.4 Å². The van der Waals surface area contributed by atoms with E-state index >= 15 is 0 Å². The van der Waals surface area contributed by atoms with Crippen LogP contribution < -0.4 is 24.8 Å². The van der Waals surface area contributed by atoms with Crippen LogP contribution in [0.1, 0.15) is 17.2 Å². The lowest BCUT2D eigenvalue weighted by molar-refractivity contribution is -0.123. The average molecular weight is 399 g/mol. The zero-order valence-electron chi connectivity index (χ0n) is 16.2. The van der Waals surface area contributed by atoms with E-state index < -0.39 is 6.04 Å². The van der Waals surface area contributed by atoms with E-state index in [-0.39, 0.29) is 18.3 Å². The summed E-state index contributed by atoms with van der Waals surface area (Å²) in [5.41, 5.74) is 1.74. The first kappa shape index (κ1) is 22.6. The summed E-state index contributed by atoms with van der Waals surface area (Å²) in [6.45, 7) is 0.461. The van der Waals surface area contributed by atoms with Crippen LogP contribution in [0.25, 0.3) is 0 Å². The molecule has 0 bridgehead atoms. The molecule has 2 aromatic rings. The monoisotopic (exact) mass is 398 g/mol. The van der Waals surface area contributed by atoms with E-state index in [0.29, 0.717) is 30.2 Å². The minimum absolute atomic E-state index is 0. The van der Waals surface area contributed by atoms with Crippen molar-refractivity contribution >= 4 is 18.3 Å². The highest BCUT2D eigenvalue weighted by atomic mass is 35.5. The molecule has 0 aliphatic heterocycles. The second-order valence-electron chi connectivity index (χ2n) is 5.70. The Morgan fingerprint density at radius 3 is 2.41 bits per heavy atom. The van der Waals surface area contributed by atoms with E-state index in [0.717, 1.165) is 11.1 Å². The van der Waals surface area contributed by atoms with Crippen LogP contribution >= 0.6 is 12.4 Å². The van der Waals surface area contributed by atoms with Gasteiger partial charge in [-0.25, -0.2) is 0 Å². The molecule has 0 saturated carbocycles. The number of hydrogen-bond donors (Lipinski definition) is 2. The SMILES string of the molecule is CNC(C(=O)NCCc1ccc(OC)c(OC)c1OC)c1cnn(C)c1.Cl. The van der Waals surface area contributed by atoms with E-state index in [1.165, 1.54) is 0 Å². The topological polar surface area (TPSA) is 86.6 Å². The maximum atomic E-state index is 12.5. The highest BCUT2D eigenvalue weighted by Crippen LogP contribution is 2.39. The number of likely N-dealkylation sites (N-methyl/N-ethyl adjacent to an activating group) is 1. The average Bonchev–Trinajstić information content (AvgIpc) is 3.07. The van der Waals surface area contributed by atoms with Crippen molar-refractivity contribution in [1.29, 1.82) is 0 Å². The first-order valence-electron chi connectivity index (χ1n) is 8.27. The maximum absolute atomic E-state index is 12.5. The van der Waals surface area contributed by atoms with Gasteiger partial charge < -0.3 is 24.8 Å². The number of nitrogens with zero attached hydrogens (tertiary/aromatic N) is 2. The summed E-state index contributed by atoms with van der Waals surface area (Å²) in [6.07, 6.45) is 4.09. The second-order valence-corrected chi connectivity index (χ2v) is 5.70. The number of aromatic nitrogens is 2. The van der Waals surface area contributed by atoms with Crippen molar-refractivity contribution in [1.82, 2.24) is 20.4 Å². The number of aryl methyl sites for hydroxylation is 1. The van der Waals surface area contributed by atoms with Crippen molar-refractivity contribution in [3.8, 4) is 17.2 Å². The molecule has 2 N–H and O–H groups in total. The summed E-state index contributed by atoms with van der Waals surface area (Å²) in [5, 5.41) is 10.1. The molecule has 0 spiro atoms. The van der Waals surface area contributed by atoms with Crippen LogP contribution in [0.3, 0.4) is 0 Å². The van der Waals surface area contributed by atoms with E-state index in [9.17, 15) is 4.79 Å². The molecule has 1 amide bonds. The zero-order valence-corrected chi connectivity index (χ0v) is 17.1. The van der Waals surface area contributed by atoms with Crippen molar-refractivity contribution in [3.63, 3.8) is 0 Å².